The van der Waals surface area contributed by atoms with Gasteiger partial charge in [0, 0.05) is 45.2 Å². The molecule has 38 heavy (non-hydrogen) atoms. The van der Waals surface area contributed by atoms with Gasteiger partial charge < -0.3 is 14.4 Å². The van der Waals surface area contributed by atoms with Gasteiger partial charge in [-0.1, -0.05) is 12.8 Å². The highest BCUT2D eigenvalue weighted by molar-refractivity contribution is 7.15. The van der Waals surface area contributed by atoms with E-state index in [2.05, 4.69) is 5.32 Å². The zero-order valence-corrected chi connectivity index (χ0v) is 22.5. The number of nitrogens with one attached hydrogen (secondary N) is 1. The van der Waals surface area contributed by atoms with Crippen LogP contribution in [0.15, 0.2) is 30.3 Å². The van der Waals surface area contributed by atoms with Crippen LogP contribution in [0.25, 0.3) is 11.0 Å². The summed E-state index contributed by atoms with van der Waals surface area (Å²) in [6.07, 6.45) is 8.14. The van der Waals surface area contributed by atoms with Crippen molar-refractivity contribution in [1.29, 1.82) is 0 Å². The molecule has 0 atom stereocenters. The Bertz CT molecular complexity index is 1360. The molecule has 10 heteroatoms. The molecule has 2 fully saturated rings. The van der Waals surface area contributed by atoms with Gasteiger partial charge in [0.25, 0.3) is 5.91 Å². The molecule has 1 saturated heterocycles. The summed E-state index contributed by atoms with van der Waals surface area (Å²) in [5, 5.41) is 2.91. The fourth-order valence-electron chi connectivity index (χ4n) is 5.45. The van der Waals surface area contributed by atoms with Gasteiger partial charge in [-0.3, -0.25) is 24.5 Å². The maximum atomic E-state index is 13.0. The number of rotatable bonds is 10. The molecule has 3 aromatic rings. The van der Waals surface area contributed by atoms with Gasteiger partial charge in [-0.2, -0.15) is 0 Å². The van der Waals surface area contributed by atoms with Crippen LogP contribution in [0.5, 0.6) is 0 Å². The molecule has 1 aliphatic heterocycles. The second-order valence-electron chi connectivity index (χ2n) is 10.2. The first-order valence-electron chi connectivity index (χ1n) is 13.3. The largest absolute Gasteiger partial charge is 0.343 e. The SMILES string of the molecule is CN(C(=O)CC1CCCC1)c1ccc2c(c1)nc(NC(=O)c1ccc(C=O)s1)n2CCCN1CCCC1=O. The number of amides is 3. The number of aryl methyl sites for hydroxylation is 1. The van der Waals surface area contributed by atoms with Crippen LogP contribution in [0.2, 0.25) is 0 Å². The quantitative estimate of drug-likeness (QED) is 0.378. The summed E-state index contributed by atoms with van der Waals surface area (Å²) in [4.78, 5) is 58.2. The van der Waals surface area contributed by atoms with Crippen molar-refractivity contribution in [3.63, 3.8) is 0 Å². The summed E-state index contributed by atoms with van der Waals surface area (Å²) in [6, 6.07) is 8.97. The van der Waals surface area contributed by atoms with Crippen LogP contribution in [0, 0.1) is 5.92 Å². The van der Waals surface area contributed by atoms with Gasteiger partial charge in [-0.15, -0.1) is 11.3 Å². The van der Waals surface area contributed by atoms with Crippen LogP contribution in [0.3, 0.4) is 0 Å². The van der Waals surface area contributed by atoms with Crippen LogP contribution >= 0.6 is 11.3 Å². The van der Waals surface area contributed by atoms with Crippen molar-refractivity contribution >= 4 is 58.0 Å². The molecule has 0 unspecified atom stereocenters. The van der Waals surface area contributed by atoms with Crippen LogP contribution in [-0.2, 0) is 16.1 Å². The second-order valence-corrected chi connectivity index (χ2v) is 11.3. The van der Waals surface area contributed by atoms with Gasteiger partial charge in [0.2, 0.25) is 17.8 Å². The number of anilines is 2. The molecule has 1 aliphatic carbocycles. The van der Waals surface area contributed by atoms with Crippen molar-refractivity contribution in [2.45, 2.75) is 57.9 Å². The number of carbonyl (C=O) groups is 4. The van der Waals surface area contributed by atoms with Crippen molar-refractivity contribution in [3.8, 4) is 0 Å². The molecule has 0 spiro atoms. The Morgan fingerprint density at radius 2 is 1.97 bits per heavy atom. The minimum Gasteiger partial charge on any atom is -0.343 e. The number of hydrogen-bond donors (Lipinski definition) is 1. The Labute approximate surface area is 225 Å². The molecule has 1 N–H and O–H groups in total. The lowest BCUT2D eigenvalue weighted by atomic mass is 10.0. The number of benzene rings is 1. The number of imidazole rings is 1. The molecule has 5 rings (SSSR count). The van der Waals surface area contributed by atoms with E-state index in [4.69, 9.17) is 4.98 Å². The summed E-state index contributed by atoms with van der Waals surface area (Å²) in [5.41, 5.74) is 2.28. The molecule has 2 aromatic heterocycles. The van der Waals surface area contributed by atoms with E-state index in [9.17, 15) is 19.2 Å². The van der Waals surface area contributed by atoms with Gasteiger partial charge in [-0.25, -0.2) is 4.98 Å². The predicted octanol–water partition coefficient (Wildman–Crippen LogP) is 4.72. The summed E-state index contributed by atoms with van der Waals surface area (Å²) in [5.74, 6) is 0.819. The lowest BCUT2D eigenvalue weighted by Gasteiger charge is -2.19. The van der Waals surface area contributed by atoms with E-state index < -0.39 is 0 Å². The van der Waals surface area contributed by atoms with E-state index in [0.717, 1.165) is 61.1 Å². The van der Waals surface area contributed by atoms with Gasteiger partial charge in [0.05, 0.1) is 20.8 Å². The van der Waals surface area contributed by atoms with Crippen LogP contribution < -0.4 is 10.2 Å². The normalized spacial score (nSPS) is 15.9. The smallest absolute Gasteiger partial charge is 0.268 e. The molecule has 3 heterocycles. The van der Waals surface area contributed by atoms with Gasteiger partial charge in [-0.05, 0) is 61.9 Å². The van der Waals surface area contributed by atoms with Gasteiger partial charge >= 0.3 is 0 Å². The first kappa shape index (κ1) is 26.1. The molecule has 1 aromatic carbocycles. The number of carbonyl (C=O) groups excluding carboxylic acids is 4. The minimum absolute atomic E-state index is 0.100. The fraction of sp³-hybridized carbons (Fsp3) is 0.464. The standard InChI is InChI=1S/C28H33N5O4S/c1-31(26(36)16-19-6-2-3-7-19)20-9-11-23-22(17-20)29-28(30-27(37)24-12-10-21(18-34)38-24)33(23)15-5-14-32-13-4-8-25(32)35/h9-12,17-19H,2-8,13-16H2,1H3,(H,29,30,37). The predicted molar refractivity (Wildman–Crippen MR) is 148 cm³/mol. The number of likely N-dealkylation sites (tertiary alicyclic amines) is 1. The maximum Gasteiger partial charge on any atom is 0.268 e. The Morgan fingerprint density at radius 1 is 1.16 bits per heavy atom. The number of nitrogens with zero attached hydrogens (tertiary/aromatic N) is 4. The Kier molecular flexibility index (Phi) is 7.87. The molecular formula is C28H33N5O4S. The number of thiophene rings is 1. The first-order chi connectivity index (χ1) is 18.4. The summed E-state index contributed by atoms with van der Waals surface area (Å²) in [7, 11) is 1.80. The number of fused-ring (bicyclic) bond motifs is 1. The highest BCUT2D eigenvalue weighted by Crippen LogP contribution is 2.30. The van der Waals surface area contributed by atoms with Gasteiger partial charge in [0.1, 0.15) is 0 Å². The third kappa shape index (κ3) is 5.65. The Hall–Kier alpha value is -3.53. The molecule has 9 nitrogen and oxygen atoms in total. The van der Waals surface area contributed by atoms with Crippen molar-refractivity contribution in [2.24, 2.45) is 5.92 Å². The number of hydrogen-bond acceptors (Lipinski definition) is 6. The van der Waals surface area contributed by atoms with E-state index >= 15 is 0 Å². The molecular weight excluding hydrogens is 502 g/mol. The topological polar surface area (TPSA) is 105 Å². The van der Waals surface area contributed by atoms with Crippen LogP contribution in [0.4, 0.5) is 11.6 Å². The van der Waals surface area contributed by atoms with Crippen molar-refractivity contribution in [1.82, 2.24) is 14.5 Å². The van der Waals surface area contributed by atoms with E-state index in [1.54, 1.807) is 24.1 Å². The van der Waals surface area contributed by atoms with Crippen LogP contribution in [-0.4, -0.2) is 58.6 Å². The monoisotopic (exact) mass is 535 g/mol. The van der Waals surface area contributed by atoms with Crippen LogP contribution in [0.1, 0.15) is 70.7 Å². The highest BCUT2D eigenvalue weighted by Gasteiger charge is 2.23. The summed E-state index contributed by atoms with van der Waals surface area (Å²) >= 11 is 1.12. The molecule has 200 valence electrons. The van der Waals surface area contributed by atoms with E-state index in [1.807, 2.05) is 27.7 Å². The van der Waals surface area contributed by atoms with E-state index in [-0.39, 0.29) is 17.7 Å². The molecule has 0 radical (unpaired) electrons. The molecule has 3 amide bonds. The summed E-state index contributed by atoms with van der Waals surface area (Å²) < 4.78 is 1.95. The summed E-state index contributed by atoms with van der Waals surface area (Å²) in [6.45, 7) is 2.00. The Morgan fingerprint density at radius 3 is 2.68 bits per heavy atom. The highest BCUT2D eigenvalue weighted by atomic mass is 32.1. The minimum atomic E-state index is -0.335. The van der Waals surface area contributed by atoms with Gasteiger partial charge in [0.15, 0.2) is 6.29 Å². The van der Waals surface area contributed by atoms with E-state index in [0.29, 0.717) is 53.1 Å². The van der Waals surface area contributed by atoms with Crippen molar-refractivity contribution in [3.05, 3.63) is 40.1 Å². The van der Waals surface area contributed by atoms with E-state index in [1.165, 1.54) is 12.8 Å². The average Bonchev–Trinajstić information content (AvgIpc) is 3.72. The zero-order chi connectivity index (χ0) is 26.6. The second kappa shape index (κ2) is 11.5. The molecule has 0 bridgehead atoms. The zero-order valence-electron chi connectivity index (χ0n) is 21.6. The fourth-order valence-corrected chi connectivity index (χ4v) is 6.17. The van der Waals surface area contributed by atoms with Crippen molar-refractivity contribution < 1.29 is 19.2 Å². The third-order valence-corrected chi connectivity index (χ3v) is 8.61. The lowest BCUT2D eigenvalue weighted by molar-refractivity contribution is -0.127. The molecule has 2 aliphatic rings. The third-order valence-electron chi connectivity index (χ3n) is 7.60. The van der Waals surface area contributed by atoms with Crippen molar-refractivity contribution in [2.75, 3.05) is 30.4 Å². The first-order valence-corrected chi connectivity index (χ1v) is 14.2. The maximum absolute atomic E-state index is 13.0. The average molecular weight is 536 g/mol. The number of aldehydes is 1. The Balaban J connectivity index is 1.38. The lowest BCUT2D eigenvalue weighted by Crippen LogP contribution is -2.27. The molecule has 1 saturated carbocycles. The number of aromatic nitrogens is 2.